The maximum atomic E-state index is 9.47. The molecule has 0 fully saturated rings. The molecule has 0 atom stereocenters. The van der Waals surface area contributed by atoms with Crippen molar-refractivity contribution in [3.05, 3.63) is 52.8 Å². The van der Waals surface area contributed by atoms with Gasteiger partial charge in [-0.2, -0.15) is 5.26 Å². The molecule has 5 nitrogen and oxygen atoms in total. The first-order valence-electron chi connectivity index (χ1n) is 6.90. The van der Waals surface area contributed by atoms with Crippen molar-refractivity contribution in [2.75, 3.05) is 6.79 Å². The molecule has 23 heavy (non-hydrogen) atoms. The van der Waals surface area contributed by atoms with Gasteiger partial charge in [0.15, 0.2) is 11.5 Å². The monoisotopic (exact) mass is 323 g/mol. The number of fused-ring (bicyclic) bond motifs is 2. The molecule has 1 aliphatic heterocycles. The second-order valence-corrected chi connectivity index (χ2v) is 5.41. The first-order valence-corrected chi connectivity index (χ1v) is 7.28. The molecule has 112 valence electrons. The molecule has 0 saturated heterocycles. The maximum Gasteiger partial charge on any atom is 0.231 e. The van der Waals surface area contributed by atoms with E-state index in [2.05, 4.69) is 16.0 Å². The molecular formula is C17H10ClN3O2. The molecular weight excluding hydrogens is 314 g/mol. The van der Waals surface area contributed by atoms with E-state index < -0.39 is 0 Å². The van der Waals surface area contributed by atoms with Gasteiger partial charge in [-0.3, -0.25) is 0 Å². The Labute approximate surface area is 136 Å². The Kier molecular flexibility index (Phi) is 3.18. The van der Waals surface area contributed by atoms with Crippen LogP contribution in [0.5, 0.6) is 11.5 Å². The van der Waals surface area contributed by atoms with E-state index in [4.69, 9.17) is 21.1 Å². The van der Waals surface area contributed by atoms with Crippen molar-refractivity contribution in [1.29, 1.82) is 5.26 Å². The standard InChI is InChI=1S/C17H10ClN3O2/c18-12-7-16-15(22-9-23-16)6-10(12)5-11(8-19)17-20-13-3-1-2-4-14(13)21-17/h1-7H,9H2,(H,20,21)/b11-5+. The molecule has 0 bridgehead atoms. The highest BCUT2D eigenvalue weighted by Crippen LogP contribution is 2.38. The van der Waals surface area contributed by atoms with E-state index in [0.717, 1.165) is 11.0 Å². The number of aromatic amines is 1. The largest absolute Gasteiger partial charge is 0.454 e. The van der Waals surface area contributed by atoms with Crippen LogP contribution in [0.1, 0.15) is 11.4 Å². The van der Waals surface area contributed by atoms with Gasteiger partial charge < -0.3 is 14.5 Å². The quantitative estimate of drug-likeness (QED) is 0.723. The van der Waals surface area contributed by atoms with Gasteiger partial charge in [0.1, 0.15) is 11.9 Å². The number of nitriles is 1. The number of allylic oxidation sites excluding steroid dienone is 1. The smallest absolute Gasteiger partial charge is 0.231 e. The van der Waals surface area contributed by atoms with Crippen molar-refractivity contribution in [2.24, 2.45) is 0 Å². The number of hydrogen-bond donors (Lipinski definition) is 1. The van der Waals surface area contributed by atoms with Gasteiger partial charge in [-0.05, 0) is 29.8 Å². The summed E-state index contributed by atoms with van der Waals surface area (Å²) in [5.74, 6) is 1.72. The van der Waals surface area contributed by atoms with Gasteiger partial charge >= 0.3 is 0 Å². The highest BCUT2D eigenvalue weighted by atomic mass is 35.5. The second-order valence-electron chi connectivity index (χ2n) is 5.00. The molecule has 0 amide bonds. The zero-order valence-electron chi connectivity index (χ0n) is 11.8. The SMILES string of the molecule is N#C/C(=C\c1cc2c(cc1Cl)OCO2)c1nc2ccccc2[nH]1. The van der Waals surface area contributed by atoms with Crippen molar-refractivity contribution in [3.8, 4) is 17.6 Å². The first-order chi connectivity index (χ1) is 11.2. The molecule has 3 aromatic rings. The topological polar surface area (TPSA) is 70.9 Å². The van der Waals surface area contributed by atoms with Crippen molar-refractivity contribution >= 4 is 34.3 Å². The second kappa shape index (κ2) is 5.34. The minimum Gasteiger partial charge on any atom is -0.454 e. The van der Waals surface area contributed by atoms with Gasteiger partial charge in [-0.15, -0.1) is 0 Å². The van der Waals surface area contributed by atoms with Gasteiger partial charge in [-0.1, -0.05) is 23.7 Å². The van der Waals surface area contributed by atoms with Crippen LogP contribution in [-0.2, 0) is 0 Å². The van der Waals surface area contributed by atoms with E-state index in [0.29, 0.717) is 33.5 Å². The number of para-hydroxylation sites is 2. The minimum absolute atomic E-state index is 0.174. The molecule has 4 rings (SSSR count). The zero-order valence-corrected chi connectivity index (χ0v) is 12.6. The molecule has 1 N–H and O–H groups in total. The molecule has 6 heteroatoms. The number of halogens is 1. The first kappa shape index (κ1) is 13.7. The lowest BCUT2D eigenvalue weighted by molar-refractivity contribution is 0.174. The Bertz CT molecular complexity index is 952. The van der Waals surface area contributed by atoms with Crippen LogP contribution in [0.2, 0.25) is 5.02 Å². The molecule has 2 heterocycles. The highest BCUT2D eigenvalue weighted by Gasteiger charge is 2.17. The Morgan fingerprint density at radius 1 is 1.26 bits per heavy atom. The summed E-state index contributed by atoms with van der Waals surface area (Å²) >= 11 is 6.25. The normalized spacial score (nSPS) is 13.3. The number of H-pyrrole nitrogens is 1. The summed E-state index contributed by atoms with van der Waals surface area (Å²) < 4.78 is 10.6. The Balaban J connectivity index is 1.80. The number of nitrogens with one attached hydrogen (secondary N) is 1. The van der Waals surface area contributed by atoms with E-state index in [1.807, 2.05) is 24.3 Å². The molecule has 0 unspecified atom stereocenters. The van der Waals surface area contributed by atoms with Crippen LogP contribution >= 0.6 is 11.6 Å². The number of benzene rings is 2. The van der Waals surface area contributed by atoms with Crippen LogP contribution in [0.15, 0.2) is 36.4 Å². The van der Waals surface area contributed by atoms with Crippen LogP contribution in [0.4, 0.5) is 0 Å². The number of imidazole rings is 1. The third kappa shape index (κ3) is 2.39. The van der Waals surface area contributed by atoms with E-state index in [1.165, 1.54) is 0 Å². The van der Waals surface area contributed by atoms with E-state index in [9.17, 15) is 5.26 Å². The zero-order chi connectivity index (χ0) is 15.8. The summed E-state index contributed by atoms with van der Waals surface area (Å²) in [5.41, 5.74) is 2.75. The van der Waals surface area contributed by atoms with Crippen molar-refractivity contribution < 1.29 is 9.47 Å². The Hall–Kier alpha value is -2.97. The molecule has 1 aliphatic rings. The third-order valence-electron chi connectivity index (χ3n) is 3.56. The van der Waals surface area contributed by atoms with Crippen LogP contribution in [0.3, 0.4) is 0 Å². The fourth-order valence-corrected chi connectivity index (χ4v) is 2.64. The maximum absolute atomic E-state index is 9.47. The molecule has 0 radical (unpaired) electrons. The summed E-state index contributed by atoms with van der Waals surface area (Å²) in [7, 11) is 0. The predicted molar refractivity (Wildman–Crippen MR) is 87.2 cm³/mol. The van der Waals surface area contributed by atoms with E-state index >= 15 is 0 Å². The molecule has 2 aromatic carbocycles. The van der Waals surface area contributed by atoms with Gasteiger partial charge in [0.2, 0.25) is 6.79 Å². The lowest BCUT2D eigenvalue weighted by atomic mass is 10.1. The van der Waals surface area contributed by atoms with E-state index in [-0.39, 0.29) is 6.79 Å². The number of aromatic nitrogens is 2. The van der Waals surface area contributed by atoms with Gasteiger partial charge in [-0.25, -0.2) is 4.98 Å². The van der Waals surface area contributed by atoms with Gasteiger partial charge in [0.25, 0.3) is 0 Å². The fourth-order valence-electron chi connectivity index (χ4n) is 2.43. The lowest BCUT2D eigenvalue weighted by Crippen LogP contribution is -1.92. The molecule has 0 aliphatic carbocycles. The average molecular weight is 324 g/mol. The Morgan fingerprint density at radius 3 is 2.83 bits per heavy atom. The van der Waals surface area contributed by atoms with Crippen LogP contribution in [0, 0.1) is 11.3 Å². The van der Waals surface area contributed by atoms with Gasteiger partial charge in [0.05, 0.1) is 21.6 Å². The van der Waals surface area contributed by atoms with Crippen LogP contribution in [-0.4, -0.2) is 16.8 Å². The Morgan fingerprint density at radius 2 is 2.04 bits per heavy atom. The summed E-state index contributed by atoms with van der Waals surface area (Å²) in [6.45, 7) is 0.174. The molecule has 1 aromatic heterocycles. The summed E-state index contributed by atoms with van der Waals surface area (Å²) in [4.78, 5) is 7.57. The van der Waals surface area contributed by atoms with Crippen molar-refractivity contribution in [2.45, 2.75) is 0 Å². The lowest BCUT2D eigenvalue weighted by Gasteiger charge is -2.02. The van der Waals surface area contributed by atoms with Crippen LogP contribution < -0.4 is 9.47 Å². The summed E-state index contributed by atoms with van der Waals surface area (Å²) in [6, 6.07) is 13.2. The number of rotatable bonds is 2. The van der Waals surface area contributed by atoms with Crippen LogP contribution in [0.25, 0.3) is 22.7 Å². The minimum atomic E-state index is 0.174. The third-order valence-corrected chi connectivity index (χ3v) is 3.88. The predicted octanol–water partition coefficient (Wildman–Crippen LogP) is 4.01. The highest BCUT2D eigenvalue weighted by molar-refractivity contribution is 6.32. The molecule has 0 saturated carbocycles. The van der Waals surface area contributed by atoms with E-state index in [1.54, 1.807) is 18.2 Å². The molecule has 0 spiro atoms. The average Bonchev–Trinajstić information content (AvgIpc) is 3.18. The number of ether oxygens (including phenoxy) is 2. The number of hydrogen-bond acceptors (Lipinski definition) is 4. The fraction of sp³-hybridized carbons (Fsp3) is 0.0588. The van der Waals surface area contributed by atoms with Gasteiger partial charge in [0, 0.05) is 6.07 Å². The van der Waals surface area contributed by atoms with Crippen molar-refractivity contribution in [3.63, 3.8) is 0 Å². The summed E-state index contributed by atoms with van der Waals surface area (Å²) in [6.07, 6.45) is 1.68. The summed E-state index contributed by atoms with van der Waals surface area (Å²) in [5, 5.41) is 9.96. The van der Waals surface area contributed by atoms with Crippen molar-refractivity contribution in [1.82, 2.24) is 9.97 Å². The number of nitrogens with zero attached hydrogens (tertiary/aromatic N) is 2.